The molecule has 0 saturated heterocycles. The largest absolute Gasteiger partial charge is 0.499 e. The molecule has 1 N–H and O–H groups in total. The third kappa shape index (κ3) is 6.87. The van der Waals surface area contributed by atoms with Crippen molar-refractivity contribution in [1.29, 1.82) is 0 Å². The second kappa shape index (κ2) is 15.2. The van der Waals surface area contributed by atoms with Gasteiger partial charge in [0.15, 0.2) is 5.70 Å². The van der Waals surface area contributed by atoms with Crippen LogP contribution in [-0.2, 0) is 9.53 Å². The molecular weight excluding hydrogens is 456 g/mol. The molecule has 8 heteroatoms. The smallest absolute Gasteiger partial charge is 0.279 e. The number of amides is 3. The molecule has 1 aliphatic heterocycles. The first-order valence-electron chi connectivity index (χ1n) is 12.5. The van der Waals surface area contributed by atoms with Crippen LogP contribution in [0.4, 0.5) is 11.4 Å². The fraction of sp³-hybridized carbons (Fsp3) is 0.393. The van der Waals surface area contributed by atoms with E-state index in [2.05, 4.69) is 15.5 Å². The van der Waals surface area contributed by atoms with Gasteiger partial charge in [-0.05, 0) is 44.0 Å². The maximum Gasteiger partial charge on any atom is 0.279 e. The number of benzene rings is 2. The van der Waals surface area contributed by atoms with E-state index < -0.39 is 11.8 Å². The second-order valence-corrected chi connectivity index (χ2v) is 7.28. The van der Waals surface area contributed by atoms with Gasteiger partial charge < -0.3 is 10.1 Å². The number of para-hydroxylation sites is 1. The zero-order valence-corrected chi connectivity index (χ0v) is 22.6. The van der Waals surface area contributed by atoms with Crippen molar-refractivity contribution in [3.05, 3.63) is 71.1 Å². The standard InChI is InChI=1S/C24H26N4O4.2C2H6/c1-5-17(6-2)28-23(30)18-13-10-14-19(20(18)24(28)31)26-27-21(15(3)32-4)22(29)25-16-11-8-7-9-12-16;2*1-2/h7-14,17H,5-6H2,1-4H3,(H,25,29);2*1-2H3/b21-15-,27-26?;;. The lowest BCUT2D eigenvalue weighted by molar-refractivity contribution is -0.113. The number of rotatable bonds is 8. The number of ether oxygens (including phenoxy) is 1. The van der Waals surface area contributed by atoms with E-state index in [1.165, 1.54) is 12.0 Å². The molecule has 0 saturated carbocycles. The lowest BCUT2D eigenvalue weighted by atomic mass is 10.1. The normalized spacial score (nSPS) is 12.9. The van der Waals surface area contributed by atoms with Gasteiger partial charge in [0.25, 0.3) is 17.7 Å². The Morgan fingerprint density at radius 3 is 2.11 bits per heavy atom. The first-order valence-corrected chi connectivity index (χ1v) is 12.5. The van der Waals surface area contributed by atoms with Crippen LogP contribution in [0.1, 0.15) is 82.0 Å². The molecule has 8 nitrogen and oxygen atoms in total. The number of nitrogens with zero attached hydrogens (tertiary/aromatic N) is 3. The maximum atomic E-state index is 13.1. The summed E-state index contributed by atoms with van der Waals surface area (Å²) in [6, 6.07) is 13.6. The van der Waals surface area contributed by atoms with Gasteiger partial charge >= 0.3 is 0 Å². The number of hydrogen-bond donors (Lipinski definition) is 1. The van der Waals surface area contributed by atoms with E-state index in [1.54, 1.807) is 49.4 Å². The molecule has 3 amide bonds. The Morgan fingerprint density at radius 1 is 0.944 bits per heavy atom. The molecule has 2 aromatic carbocycles. The fourth-order valence-corrected chi connectivity index (χ4v) is 3.54. The summed E-state index contributed by atoms with van der Waals surface area (Å²) in [5.74, 6) is -0.971. The number of carbonyl (C=O) groups excluding carboxylic acids is 3. The molecule has 1 aliphatic rings. The molecule has 0 spiro atoms. The molecule has 0 aliphatic carbocycles. The second-order valence-electron chi connectivity index (χ2n) is 7.28. The number of methoxy groups -OCH3 is 1. The summed E-state index contributed by atoms with van der Waals surface area (Å²) in [5.41, 5.74) is 1.27. The minimum atomic E-state index is -0.507. The van der Waals surface area contributed by atoms with E-state index >= 15 is 0 Å². The number of fused-ring (bicyclic) bond motifs is 1. The van der Waals surface area contributed by atoms with Crippen molar-refractivity contribution in [3.8, 4) is 0 Å². The molecule has 0 fully saturated rings. The molecular formula is C28H38N4O4. The van der Waals surface area contributed by atoms with Gasteiger partial charge in [-0.3, -0.25) is 19.3 Å². The third-order valence-electron chi connectivity index (χ3n) is 5.38. The summed E-state index contributed by atoms with van der Waals surface area (Å²) < 4.78 is 5.20. The van der Waals surface area contributed by atoms with Crippen LogP contribution in [-0.4, -0.2) is 35.8 Å². The van der Waals surface area contributed by atoms with Gasteiger partial charge in [-0.15, -0.1) is 10.2 Å². The monoisotopic (exact) mass is 494 g/mol. The lowest BCUT2D eigenvalue weighted by Crippen LogP contribution is -2.39. The van der Waals surface area contributed by atoms with Crippen molar-refractivity contribution in [3.63, 3.8) is 0 Å². The number of anilines is 1. The molecule has 0 bridgehead atoms. The van der Waals surface area contributed by atoms with Gasteiger partial charge in [-0.25, -0.2) is 0 Å². The van der Waals surface area contributed by atoms with Gasteiger partial charge in [-0.1, -0.05) is 65.8 Å². The Hall–Kier alpha value is -3.81. The van der Waals surface area contributed by atoms with Crippen LogP contribution in [0, 0.1) is 0 Å². The highest BCUT2D eigenvalue weighted by Gasteiger charge is 2.40. The molecule has 36 heavy (non-hydrogen) atoms. The Kier molecular flexibility index (Phi) is 12.8. The first-order chi connectivity index (χ1) is 17.4. The minimum absolute atomic E-state index is 0.0393. The van der Waals surface area contributed by atoms with Gasteiger partial charge in [0.1, 0.15) is 5.76 Å². The van der Waals surface area contributed by atoms with Crippen LogP contribution in [0.15, 0.2) is 70.2 Å². The average Bonchev–Trinajstić information content (AvgIpc) is 3.18. The quantitative estimate of drug-likeness (QED) is 0.183. The number of allylic oxidation sites excluding steroid dienone is 1. The average molecular weight is 495 g/mol. The van der Waals surface area contributed by atoms with Gasteiger partial charge in [0.05, 0.1) is 23.9 Å². The zero-order valence-electron chi connectivity index (χ0n) is 22.6. The molecule has 0 unspecified atom stereocenters. The summed E-state index contributed by atoms with van der Waals surface area (Å²) >= 11 is 0. The van der Waals surface area contributed by atoms with Gasteiger partial charge in [0, 0.05) is 11.7 Å². The zero-order chi connectivity index (χ0) is 27.3. The topological polar surface area (TPSA) is 100 Å². The van der Waals surface area contributed by atoms with Crippen molar-refractivity contribution in [2.75, 3.05) is 12.4 Å². The van der Waals surface area contributed by atoms with Crippen molar-refractivity contribution in [2.45, 2.75) is 67.3 Å². The number of carbonyl (C=O) groups is 3. The maximum absolute atomic E-state index is 13.1. The third-order valence-corrected chi connectivity index (χ3v) is 5.38. The van der Waals surface area contributed by atoms with Crippen molar-refractivity contribution >= 4 is 29.1 Å². The van der Waals surface area contributed by atoms with Crippen LogP contribution >= 0.6 is 0 Å². The van der Waals surface area contributed by atoms with Crippen LogP contribution < -0.4 is 5.32 Å². The number of azo groups is 1. The Labute approximate surface area is 214 Å². The number of hydrogen-bond acceptors (Lipinski definition) is 6. The Bertz CT molecular complexity index is 1090. The van der Waals surface area contributed by atoms with Crippen LogP contribution in [0.2, 0.25) is 0 Å². The summed E-state index contributed by atoms with van der Waals surface area (Å²) in [6.07, 6.45) is 1.33. The summed E-state index contributed by atoms with van der Waals surface area (Å²) in [7, 11) is 1.43. The SMILES string of the molecule is CC.CC.CCC(CC)N1C(=O)c2cccc(N=N/C(C(=O)Nc3ccccc3)=C(/C)OC)c2C1=O. The Morgan fingerprint density at radius 2 is 1.56 bits per heavy atom. The highest BCUT2D eigenvalue weighted by Crippen LogP contribution is 2.34. The predicted molar refractivity (Wildman–Crippen MR) is 143 cm³/mol. The van der Waals surface area contributed by atoms with E-state index in [0.29, 0.717) is 24.1 Å². The predicted octanol–water partition coefficient (Wildman–Crippen LogP) is 7.12. The van der Waals surface area contributed by atoms with E-state index in [1.807, 2.05) is 47.6 Å². The van der Waals surface area contributed by atoms with E-state index in [0.717, 1.165) is 0 Å². The van der Waals surface area contributed by atoms with E-state index in [4.69, 9.17) is 4.74 Å². The minimum Gasteiger partial charge on any atom is -0.499 e. The highest BCUT2D eigenvalue weighted by atomic mass is 16.5. The molecule has 2 aromatic rings. The summed E-state index contributed by atoms with van der Waals surface area (Å²) in [4.78, 5) is 40.0. The van der Waals surface area contributed by atoms with Gasteiger partial charge in [0.2, 0.25) is 0 Å². The molecule has 3 rings (SSSR count). The number of nitrogens with one attached hydrogen (secondary N) is 1. The van der Waals surface area contributed by atoms with Crippen LogP contribution in [0.5, 0.6) is 0 Å². The van der Waals surface area contributed by atoms with Crippen molar-refractivity contribution in [2.24, 2.45) is 10.2 Å². The van der Waals surface area contributed by atoms with E-state index in [9.17, 15) is 14.4 Å². The van der Waals surface area contributed by atoms with Crippen molar-refractivity contribution < 1.29 is 19.1 Å². The lowest BCUT2D eigenvalue weighted by Gasteiger charge is -2.23. The first kappa shape index (κ1) is 30.2. The number of imide groups is 1. The van der Waals surface area contributed by atoms with Gasteiger partial charge in [-0.2, -0.15) is 0 Å². The van der Waals surface area contributed by atoms with E-state index in [-0.39, 0.29) is 34.7 Å². The summed E-state index contributed by atoms with van der Waals surface area (Å²) in [6.45, 7) is 13.5. The molecule has 0 atom stereocenters. The molecule has 0 aromatic heterocycles. The Balaban J connectivity index is 0.00000154. The molecule has 1 heterocycles. The van der Waals surface area contributed by atoms with Crippen molar-refractivity contribution in [1.82, 2.24) is 4.90 Å². The van der Waals surface area contributed by atoms with Crippen LogP contribution in [0.25, 0.3) is 0 Å². The highest BCUT2D eigenvalue weighted by molar-refractivity contribution is 6.23. The molecule has 194 valence electrons. The summed E-state index contributed by atoms with van der Waals surface area (Å²) in [5, 5.41) is 11.0. The fourth-order valence-electron chi connectivity index (χ4n) is 3.54. The molecule has 0 radical (unpaired) electrons. The van der Waals surface area contributed by atoms with Crippen LogP contribution in [0.3, 0.4) is 0 Å².